The van der Waals surface area contributed by atoms with Gasteiger partial charge in [-0.05, 0) is 46.0 Å². The van der Waals surface area contributed by atoms with Gasteiger partial charge in [-0.3, -0.25) is 0 Å². The molecule has 0 radical (unpaired) electrons. The zero-order valence-corrected chi connectivity index (χ0v) is 10.0. The molecule has 2 nitrogen and oxygen atoms in total. The molecule has 84 valence electrons. The third-order valence-corrected chi connectivity index (χ3v) is 2.71. The fraction of sp³-hybridized carbons (Fsp3) is 0.538. The van der Waals surface area contributed by atoms with Crippen molar-refractivity contribution >= 4 is 0 Å². The summed E-state index contributed by atoms with van der Waals surface area (Å²) >= 11 is 0. The molecule has 1 aromatic rings. The zero-order valence-electron chi connectivity index (χ0n) is 10.0. The second-order valence-electron chi connectivity index (χ2n) is 4.00. The highest BCUT2D eigenvalue weighted by atomic mass is 14.9. The van der Waals surface area contributed by atoms with Gasteiger partial charge < -0.3 is 10.6 Å². The summed E-state index contributed by atoms with van der Waals surface area (Å²) < 4.78 is 0. The molecule has 15 heavy (non-hydrogen) atoms. The number of rotatable bonds is 6. The quantitative estimate of drug-likeness (QED) is 0.698. The van der Waals surface area contributed by atoms with E-state index in [1.807, 2.05) is 14.1 Å². The molecular formula is C13H22N2. The van der Waals surface area contributed by atoms with Gasteiger partial charge in [-0.25, -0.2) is 0 Å². The molecule has 0 amide bonds. The predicted molar refractivity (Wildman–Crippen MR) is 66.1 cm³/mol. The van der Waals surface area contributed by atoms with Crippen LogP contribution in [0.3, 0.4) is 0 Å². The first-order chi connectivity index (χ1) is 7.27. The molecule has 0 saturated carbocycles. The molecule has 0 bridgehead atoms. The van der Waals surface area contributed by atoms with Gasteiger partial charge >= 0.3 is 0 Å². The van der Waals surface area contributed by atoms with Crippen LogP contribution in [0.15, 0.2) is 24.3 Å². The molecule has 1 aromatic carbocycles. The maximum Gasteiger partial charge on any atom is 0.0318 e. The lowest BCUT2D eigenvalue weighted by atomic mass is 10.0. The van der Waals surface area contributed by atoms with Crippen molar-refractivity contribution in [2.24, 2.45) is 0 Å². The lowest BCUT2D eigenvalue weighted by molar-refractivity contribution is 0.518. The highest BCUT2D eigenvalue weighted by Gasteiger charge is 2.07. The normalized spacial score (nSPS) is 12.7. The van der Waals surface area contributed by atoms with E-state index in [2.05, 4.69) is 41.8 Å². The fourth-order valence-corrected chi connectivity index (χ4v) is 1.85. The van der Waals surface area contributed by atoms with Crippen molar-refractivity contribution in [3.63, 3.8) is 0 Å². The Morgan fingerprint density at radius 1 is 1.27 bits per heavy atom. The van der Waals surface area contributed by atoms with E-state index in [1.54, 1.807) is 0 Å². The number of hydrogen-bond donors (Lipinski definition) is 2. The second kappa shape index (κ2) is 6.59. The summed E-state index contributed by atoms with van der Waals surface area (Å²) in [5.74, 6) is 0. The van der Waals surface area contributed by atoms with E-state index in [-0.39, 0.29) is 0 Å². The van der Waals surface area contributed by atoms with Gasteiger partial charge in [-0.1, -0.05) is 29.8 Å². The highest BCUT2D eigenvalue weighted by molar-refractivity contribution is 5.24. The minimum absolute atomic E-state index is 0.484. The van der Waals surface area contributed by atoms with Crippen LogP contribution < -0.4 is 10.6 Å². The minimum Gasteiger partial charge on any atom is -0.320 e. The summed E-state index contributed by atoms with van der Waals surface area (Å²) in [6.45, 7) is 3.23. The molecule has 1 unspecified atom stereocenters. The summed E-state index contributed by atoms with van der Waals surface area (Å²) in [5, 5.41) is 6.56. The van der Waals surface area contributed by atoms with Gasteiger partial charge in [0.25, 0.3) is 0 Å². The average Bonchev–Trinajstić information content (AvgIpc) is 2.24. The van der Waals surface area contributed by atoms with E-state index >= 15 is 0 Å². The van der Waals surface area contributed by atoms with Gasteiger partial charge in [0, 0.05) is 6.04 Å². The molecule has 0 heterocycles. The zero-order chi connectivity index (χ0) is 11.1. The fourth-order valence-electron chi connectivity index (χ4n) is 1.85. The second-order valence-corrected chi connectivity index (χ2v) is 4.00. The van der Waals surface area contributed by atoms with Gasteiger partial charge in [0.15, 0.2) is 0 Å². The molecule has 0 aromatic heterocycles. The van der Waals surface area contributed by atoms with Crippen molar-refractivity contribution in [3.05, 3.63) is 35.4 Å². The largest absolute Gasteiger partial charge is 0.320 e. The van der Waals surface area contributed by atoms with Crippen molar-refractivity contribution in [2.75, 3.05) is 20.6 Å². The van der Waals surface area contributed by atoms with Gasteiger partial charge in [0.05, 0.1) is 0 Å². The first-order valence-electron chi connectivity index (χ1n) is 5.66. The van der Waals surface area contributed by atoms with Crippen molar-refractivity contribution in [1.29, 1.82) is 0 Å². The van der Waals surface area contributed by atoms with Crippen LogP contribution in [0.1, 0.15) is 30.0 Å². The predicted octanol–water partition coefficient (Wildman–Crippen LogP) is 2.26. The van der Waals surface area contributed by atoms with Crippen LogP contribution in [0.5, 0.6) is 0 Å². The molecule has 0 aliphatic carbocycles. The van der Waals surface area contributed by atoms with Crippen LogP contribution in [-0.2, 0) is 0 Å². The van der Waals surface area contributed by atoms with E-state index in [0.29, 0.717) is 6.04 Å². The van der Waals surface area contributed by atoms with Crippen molar-refractivity contribution in [1.82, 2.24) is 10.6 Å². The highest BCUT2D eigenvalue weighted by Crippen LogP contribution is 2.18. The molecular weight excluding hydrogens is 184 g/mol. The molecule has 2 heteroatoms. The first-order valence-corrected chi connectivity index (χ1v) is 5.66. The van der Waals surface area contributed by atoms with Gasteiger partial charge in [0.2, 0.25) is 0 Å². The van der Waals surface area contributed by atoms with Crippen LogP contribution in [0.25, 0.3) is 0 Å². The van der Waals surface area contributed by atoms with Gasteiger partial charge in [-0.2, -0.15) is 0 Å². The maximum atomic E-state index is 3.38. The number of benzene rings is 1. The van der Waals surface area contributed by atoms with Crippen molar-refractivity contribution < 1.29 is 0 Å². The maximum absolute atomic E-state index is 3.38. The van der Waals surface area contributed by atoms with E-state index in [4.69, 9.17) is 0 Å². The topological polar surface area (TPSA) is 24.1 Å². The standard InChI is InChI=1S/C13H22N2/c1-11-6-4-7-12(10-11)13(15-3)8-5-9-14-2/h4,6-7,10,13-15H,5,8-9H2,1-3H3. The third-order valence-electron chi connectivity index (χ3n) is 2.71. The van der Waals surface area contributed by atoms with E-state index < -0.39 is 0 Å². The molecule has 1 atom stereocenters. The van der Waals surface area contributed by atoms with Crippen LogP contribution >= 0.6 is 0 Å². The Bertz CT molecular complexity index is 284. The minimum atomic E-state index is 0.484. The lowest BCUT2D eigenvalue weighted by Gasteiger charge is -2.17. The Hall–Kier alpha value is -0.860. The number of aryl methyl sites for hydroxylation is 1. The lowest BCUT2D eigenvalue weighted by Crippen LogP contribution is -2.18. The molecule has 0 spiro atoms. The molecule has 0 aliphatic rings. The summed E-state index contributed by atoms with van der Waals surface area (Å²) in [4.78, 5) is 0. The Balaban J connectivity index is 2.57. The summed E-state index contributed by atoms with van der Waals surface area (Å²) in [7, 11) is 4.04. The van der Waals surface area contributed by atoms with Crippen LogP contribution in [0.2, 0.25) is 0 Å². The van der Waals surface area contributed by atoms with Crippen LogP contribution in [0, 0.1) is 6.92 Å². The van der Waals surface area contributed by atoms with E-state index in [9.17, 15) is 0 Å². The number of hydrogen-bond acceptors (Lipinski definition) is 2. The SMILES string of the molecule is CNCCCC(NC)c1cccc(C)c1. The Morgan fingerprint density at radius 2 is 2.07 bits per heavy atom. The third kappa shape index (κ3) is 4.02. The van der Waals surface area contributed by atoms with Gasteiger partial charge in [-0.15, -0.1) is 0 Å². The Kier molecular flexibility index (Phi) is 5.37. The molecule has 0 aliphatic heterocycles. The van der Waals surface area contributed by atoms with E-state index in [1.165, 1.54) is 24.0 Å². The summed E-state index contributed by atoms with van der Waals surface area (Å²) in [6.07, 6.45) is 2.39. The van der Waals surface area contributed by atoms with Crippen LogP contribution in [-0.4, -0.2) is 20.6 Å². The van der Waals surface area contributed by atoms with Crippen molar-refractivity contribution in [2.45, 2.75) is 25.8 Å². The smallest absolute Gasteiger partial charge is 0.0318 e. The summed E-state index contributed by atoms with van der Waals surface area (Å²) in [5.41, 5.74) is 2.73. The Morgan fingerprint density at radius 3 is 2.67 bits per heavy atom. The number of nitrogens with one attached hydrogen (secondary N) is 2. The van der Waals surface area contributed by atoms with Gasteiger partial charge in [0.1, 0.15) is 0 Å². The van der Waals surface area contributed by atoms with Crippen LogP contribution in [0.4, 0.5) is 0 Å². The van der Waals surface area contributed by atoms with Crippen molar-refractivity contribution in [3.8, 4) is 0 Å². The average molecular weight is 206 g/mol. The monoisotopic (exact) mass is 206 g/mol. The first kappa shape index (κ1) is 12.2. The molecule has 2 N–H and O–H groups in total. The molecule has 1 rings (SSSR count). The molecule has 0 fully saturated rings. The summed E-state index contributed by atoms with van der Waals surface area (Å²) in [6, 6.07) is 9.23. The molecule has 0 saturated heterocycles. The Labute approximate surface area is 93.1 Å². The van der Waals surface area contributed by atoms with E-state index in [0.717, 1.165) is 6.54 Å².